The predicted molar refractivity (Wildman–Crippen MR) is 74.7 cm³/mol. The van der Waals surface area contributed by atoms with Crippen molar-refractivity contribution in [2.45, 2.75) is 6.10 Å². The zero-order valence-corrected chi connectivity index (χ0v) is 11.9. The fourth-order valence-corrected chi connectivity index (χ4v) is 2.27. The third-order valence-corrected chi connectivity index (χ3v) is 3.48. The molecule has 0 saturated carbocycles. The number of nitrogens with zero attached hydrogens (tertiary/aromatic N) is 3. The maximum atomic E-state index is 12.0. The Labute approximate surface area is 119 Å². The van der Waals surface area contributed by atoms with Gasteiger partial charge in [-0.05, 0) is 0 Å². The molecule has 0 spiro atoms. The van der Waals surface area contributed by atoms with Crippen molar-refractivity contribution >= 4 is 11.2 Å². The van der Waals surface area contributed by atoms with E-state index >= 15 is 0 Å². The predicted octanol–water partition coefficient (Wildman–Crippen LogP) is -1.67. The summed E-state index contributed by atoms with van der Waals surface area (Å²) in [7, 11) is 2.98. The maximum Gasteiger partial charge on any atom is 0.332 e. The molecule has 3 rings (SSSR count). The second-order valence-corrected chi connectivity index (χ2v) is 4.95. The number of hydrogen-bond donors (Lipinski definition) is 2. The number of hydrogen-bond acceptors (Lipinski definition) is 6. The molecule has 114 valence electrons. The minimum atomic E-state index is -0.426. The third-order valence-electron chi connectivity index (χ3n) is 3.48. The quantitative estimate of drug-likeness (QED) is 0.701. The first kappa shape index (κ1) is 13.8. The highest BCUT2D eigenvalue weighted by Gasteiger charge is 2.17. The summed E-state index contributed by atoms with van der Waals surface area (Å²) in [4.78, 5) is 30.8. The van der Waals surface area contributed by atoms with Gasteiger partial charge in [-0.1, -0.05) is 0 Å². The number of imidazole rings is 1. The Balaban J connectivity index is 1.87. The Morgan fingerprint density at radius 1 is 1.38 bits per heavy atom. The molecule has 1 saturated heterocycles. The van der Waals surface area contributed by atoms with Crippen molar-refractivity contribution in [3.8, 4) is 6.01 Å². The lowest BCUT2D eigenvalue weighted by Gasteiger charge is -2.22. The molecule has 9 nitrogen and oxygen atoms in total. The number of aryl methyl sites for hydroxylation is 1. The van der Waals surface area contributed by atoms with Gasteiger partial charge in [0, 0.05) is 27.2 Å². The summed E-state index contributed by atoms with van der Waals surface area (Å²) in [6, 6.07) is 0.206. The largest absolute Gasteiger partial charge is 0.462 e. The summed E-state index contributed by atoms with van der Waals surface area (Å²) in [6.45, 7) is 2.50. The van der Waals surface area contributed by atoms with Gasteiger partial charge in [0.05, 0.1) is 6.61 Å². The molecule has 0 aliphatic carbocycles. The number of nitrogens with one attached hydrogen (secondary N) is 2. The smallest absolute Gasteiger partial charge is 0.332 e. The molecule has 1 fully saturated rings. The van der Waals surface area contributed by atoms with Gasteiger partial charge in [-0.25, -0.2) is 4.79 Å². The van der Waals surface area contributed by atoms with Crippen LogP contribution in [0.3, 0.4) is 0 Å². The zero-order valence-electron chi connectivity index (χ0n) is 11.9. The molecule has 0 bridgehead atoms. The number of aromatic amines is 1. The van der Waals surface area contributed by atoms with Gasteiger partial charge < -0.3 is 19.8 Å². The van der Waals surface area contributed by atoms with Crippen molar-refractivity contribution in [2.75, 3.05) is 26.3 Å². The molecule has 2 N–H and O–H groups in total. The van der Waals surface area contributed by atoms with Crippen LogP contribution in [0, 0.1) is 0 Å². The zero-order chi connectivity index (χ0) is 15.0. The summed E-state index contributed by atoms with van der Waals surface area (Å²) in [5.74, 6) is 0. The number of fused-ring (bicyclic) bond motifs is 1. The fraction of sp³-hybridized carbons (Fsp3) is 0.583. The van der Waals surface area contributed by atoms with Gasteiger partial charge in [0.1, 0.15) is 12.7 Å². The lowest BCUT2D eigenvalue weighted by atomic mass is 10.3. The van der Waals surface area contributed by atoms with Crippen LogP contribution in [0.5, 0.6) is 6.01 Å². The number of aromatic nitrogens is 4. The van der Waals surface area contributed by atoms with Gasteiger partial charge in [-0.15, -0.1) is 0 Å². The highest BCUT2D eigenvalue weighted by atomic mass is 16.5. The van der Waals surface area contributed by atoms with Crippen LogP contribution in [-0.4, -0.2) is 51.5 Å². The Hall–Kier alpha value is -2.13. The second-order valence-electron chi connectivity index (χ2n) is 4.95. The molecule has 0 aromatic carbocycles. The summed E-state index contributed by atoms with van der Waals surface area (Å²) >= 11 is 0. The van der Waals surface area contributed by atoms with Gasteiger partial charge in [0.15, 0.2) is 11.2 Å². The van der Waals surface area contributed by atoms with E-state index in [1.807, 2.05) is 0 Å². The lowest BCUT2D eigenvalue weighted by Crippen LogP contribution is -2.41. The number of H-pyrrole nitrogens is 1. The highest BCUT2D eigenvalue weighted by molar-refractivity contribution is 5.70. The maximum absolute atomic E-state index is 12.0. The van der Waals surface area contributed by atoms with Crippen molar-refractivity contribution in [2.24, 2.45) is 14.1 Å². The Morgan fingerprint density at radius 2 is 2.19 bits per heavy atom. The van der Waals surface area contributed by atoms with Crippen LogP contribution < -0.4 is 21.3 Å². The van der Waals surface area contributed by atoms with Crippen molar-refractivity contribution in [1.82, 2.24) is 24.4 Å². The van der Waals surface area contributed by atoms with Crippen LogP contribution in [0.25, 0.3) is 11.2 Å². The first-order chi connectivity index (χ1) is 10.1. The molecule has 0 amide bonds. The van der Waals surface area contributed by atoms with Crippen molar-refractivity contribution < 1.29 is 9.47 Å². The van der Waals surface area contributed by atoms with Crippen LogP contribution in [-0.2, 0) is 18.8 Å². The van der Waals surface area contributed by atoms with Crippen LogP contribution in [0.4, 0.5) is 0 Å². The van der Waals surface area contributed by atoms with Crippen molar-refractivity contribution in [3.05, 3.63) is 20.8 Å². The minimum Gasteiger partial charge on any atom is -0.462 e. The Kier molecular flexibility index (Phi) is 3.52. The van der Waals surface area contributed by atoms with E-state index in [9.17, 15) is 9.59 Å². The van der Waals surface area contributed by atoms with Crippen LogP contribution >= 0.6 is 0 Å². The summed E-state index contributed by atoms with van der Waals surface area (Å²) < 4.78 is 13.4. The normalized spacial score (nSPS) is 19.0. The average molecular weight is 295 g/mol. The van der Waals surface area contributed by atoms with E-state index in [0.29, 0.717) is 19.8 Å². The first-order valence-corrected chi connectivity index (χ1v) is 6.69. The second kappa shape index (κ2) is 5.34. The van der Waals surface area contributed by atoms with Gasteiger partial charge >= 0.3 is 5.69 Å². The Morgan fingerprint density at radius 3 is 2.90 bits per heavy atom. The topological polar surface area (TPSA) is 103 Å². The van der Waals surface area contributed by atoms with Gasteiger partial charge in [-0.2, -0.15) is 4.98 Å². The minimum absolute atomic E-state index is 0.0568. The molecule has 21 heavy (non-hydrogen) atoms. The van der Waals surface area contributed by atoms with E-state index in [2.05, 4.69) is 15.3 Å². The summed E-state index contributed by atoms with van der Waals surface area (Å²) in [5, 5.41) is 3.20. The van der Waals surface area contributed by atoms with E-state index in [1.54, 1.807) is 7.05 Å². The van der Waals surface area contributed by atoms with Gasteiger partial charge in [-0.3, -0.25) is 13.9 Å². The van der Waals surface area contributed by atoms with E-state index in [0.717, 1.165) is 11.1 Å². The van der Waals surface area contributed by atoms with E-state index in [4.69, 9.17) is 9.47 Å². The van der Waals surface area contributed by atoms with Gasteiger partial charge in [0.2, 0.25) is 0 Å². The highest BCUT2D eigenvalue weighted by Crippen LogP contribution is 2.11. The molecular weight excluding hydrogens is 278 g/mol. The third kappa shape index (κ3) is 2.45. The van der Waals surface area contributed by atoms with Crippen LogP contribution in [0.15, 0.2) is 9.59 Å². The summed E-state index contributed by atoms with van der Waals surface area (Å²) in [5.41, 5.74) is -0.325. The molecule has 9 heteroatoms. The Bertz CT molecular complexity index is 768. The van der Waals surface area contributed by atoms with Gasteiger partial charge in [0.25, 0.3) is 11.6 Å². The molecule has 1 aliphatic rings. The molecule has 0 radical (unpaired) electrons. The van der Waals surface area contributed by atoms with Crippen molar-refractivity contribution in [1.29, 1.82) is 0 Å². The molecule has 1 aliphatic heterocycles. The van der Waals surface area contributed by atoms with Crippen LogP contribution in [0.2, 0.25) is 0 Å². The molecular formula is C12H17N5O4. The number of morpholine rings is 1. The monoisotopic (exact) mass is 295 g/mol. The standard InChI is InChI=1S/C12H17N5O4/c1-16-9-8(10(18)17(2)12(16)19)14-11(15-9)21-6-7-5-13-3-4-20-7/h7,13H,3-6H2,1-2H3,(H,14,15). The lowest BCUT2D eigenvalue weighted by molar-refractivity contribution is -0.00154. The number of rotatable bonds is 3. The molecule has 2 aromatic rings. The molecule has 1 atom stereocenters. The van der Waals surface area contributed by atoms with E-state index in [-0.39, 0.29) is 23.3 Å². The van der Waals surface area contributed by atoms with E-state index < -0.39 is 11.2 Å². The molecule has 2 aromatic heterocycles. The first-order valence-electron chi connectivity index (χ1n) is 6.69. The van der Waals surface area contributed by atoms with Crippen molar-refractivity contribution in [3.63, 3.8) is 0 Å². The fourth-order valence-electron chi connectivity index (χ4n) is 2.27. The SMILES string of the molecule is Cn1c(=O)c2[nH]c(OCC3CNCCO3)nc2n(C)c1=O. The molecule has 3 heterocycles. The van der Waals surface area contributed by atoms with E-state index in [1.165, 1.54) is 11.6 Å². The average Bonchev–Trinajstić information content (AvgIpc) is 2.94. The summed E-state index contributed by atoms with van der Waals surface area (Å²) in [6.07, 6.45) is -0.0568. The number of ether oxygens (including phenoxy) is 2. The molecule has 1 unspecified atom stereocenters. The van der Waals surface area contributed by atoms with Crippen LogP contribution in [0.1, 0.15) is 0 Å².